The first-order chi connectivity index (χ1) is 13.9. The van der Waals surface area contributed by atoms with Crippen LogP contribution in [0.4, 0.5) is 0 Å². The van der Waals surface area contributed by atoms with Crippen LogP contribution in [0.5, 0.6) is 0 Å². The predicted molar refractivity (Wildman–Crippen MR) is 127 cm³/mol. The van der Waals surface area contributed by atoms with Gasteiger partial charge < -0.3 is 10.2 Å². The summed E-state index contributed by atoms with van der Waals surface area (Å²) in [6.45, 7) is 15.0. The first-order valence-corrected chi connectivity index (χ1v) is 11.2. The summed E-state index contributed by atoms with van der Waals surface area (Å²) < 4.78 is 0. The lowest BCUT2D eigenvalue weighted by Gasteiger charge is -2.26. The van der Waals surface area contributed by atoms with Crippen LogP contribution in [-0.2, 0) is 13.0 Å². The molecule has 1 aliphatic heterocycles. The third-order valence-electron chi connectivity index (χ3n) is 6.10. The lowest BCUT2D eigenvalue weighted by molar-refractivity contribution is 0.245. The van der Waals surface area contributed by atoms with E-state index in [0.29, 0.717) is 6.04 Å². The molecular formula is C26H41N3. The van der Waals surface area contributed by atoms with Gasteiger partial charge in [0.1, 0.15) is 0 Å². The van der Waals surface area contributed by atoms with Crippen LogP contribution in [0.3, 0.4) is 0 Å². The van der Waals surface area contributed by atoms with E-state index in [2.05, 4.69) is 93.0 Å². The maximum atomic E-state index is 3.93. The number of hydrogen-bond acceptors (Lipinski definition) is 3. The molecule has 3 nitrogen and oxygen atoms in total. The van der Waals surface area contributed by atoms with Crippen molar-refractivity contribution in [1.29, 1.82) is 0 Å². The van der Waals surface area contributed by atoms with Gasteiger partial charge >= 0.3 is 0 Å². The van der Waals surface area contributed by atoms with E-state index < -0.39 is 0 Å². The fourth-order valence-electron chi connectivity index (χ4n) is 4.11. The zero-order valence-corrected chi connectivity index (χ0v) is 19.2. The van der Waals surface area contributed by atoms with Crippen molar-refractivity contribution in [2.24, 2.45) is 5.92 Å². The van der Waals surface area contributed by atoms with Gasteiger partial charge in [0, 0.05) is 32.4 Å². The fourth-order valence-corrected chi connectivity index (χ4v) is 4.11. The molecule has 2 rings (SSSR count). The standard InChI is InChI=1S/C26H41N3/c1-7-26(28(5)6)21(3)9-10-22(4)29(8-2)20-25-15-12-23(13-16-25)11-14-24-17-18-27-19-24/h7,9-10,12-13,15-16,22,24,27H,1,8,11,14,17-20H2,2-6H3/b10-9+,26-21-. The van der Waals surface area contributed by atoms with Gasteiger partial charge in [-0.25, -0.2) is 0 Å². The molecule has 0 aliphatic carbocycles. The Kier molecular flexibility index (Phi) is 9.69. The van der Waals surface area contributed by atoms with Crippen molar-refractivity contribution < 1.29 is 0 Å². The molecule has 1 N–H and O–H groups in total. The van der Waals surface area contributed by atoms with Gasteiger partial charge in [-0.05, 0) is 81.4 Å². The number of aryl methyl sites for hydroxylation is 1. The number of hydrogen-bond donors (Lipinski definition) is 1. The van der Waals surface area contributed by atoms with Crippen molar-refractivity contribution in [2.75, 3.05) is 33.7 Å². The molecule has 0 bridgehead atoms. The molecular weight excluding hydrogens is 354 g/mol. The van der Waals surface area contributed by atoms with E-state index in [4.69, 9.17) is 0 Å². The molecule has 0 radical (unpaired) electrons. The van der Waals surface area contributed by atoms with Crippen molar-refractivity contribution in [2.45, 2.75) is 52.6 Å². The lowest BCUT2D eigenvalue weighted by Crippen LogP contribution is -2.31. The Morgan fingerprint density at radius 3 is 2.48 bits per heavy atom. The minimum absolute atomic E-state index is 0.387. The highest BCUT2D eigenvalue weighted by Gasteiger charge is 2.14. The Bertz CT molecular complexity index is 678. The van der Waals surface area contributed by atoms with Crippen LogP contribution in [0.15, 0.2) is 60.3 Å². The summed E-state index contributed by atoms with van der Waals surface area (Å²) in [7, 11) is 4.12. The summed E-state index contributed by atoms with van der Waals surface area (Å²) >= 11 is 0. The second kappa shape index (κ2) is 12.0. The molecule has 1 heterocycles. The fraction of sp³-hybridized carbons (Fsp3) is 0.538. The van der Waals surface area contributed by atoms with E-state index >= 15 is 0 Å². The smallest absolute Gasteiger partial charge is 0.0384 e. The Labute approximate surface area is 179 Å². The summed E-state index contributed by atoms with van der Waals surface area (Å²) in [6.07, 6.45) is 10.3. The van der Waals surface area contributed by atoms with Crippen molar-refractivity contribution in [1.82, 2.24) is 15.1 Å². The Balaban J connectivity index is 1.92. The van der Waals surface area contributed by atoms with Gasteiger partial charge in [0.2, 0.25) is 0 Å². The van der Waals surface area contributed by atoms with E-state index in [-0.39, 0.29) is 0 Å². The minimum atomic E-state index is 0.387. The van der Waals surface area contributed by atoms with Gasteiger partial charge in [-0.2, -0.15) is 0 Å². The number of allylic oxidation sites excluding steroid dienone is 3. The summed E-state index contributed by atoms with van der Waals surface area (Å²) in [5.74, 6) is 0.865. The average molecular weight is 396 g/mol. The molecule has 160 valence electrons. The highest BCUT2D eigenvalue weighted by atomic mass is 15.1. The van der Waals surface area contributed by atoms with Crippen LogP contribution < -0.4 is 5.32 Å². The molecule has 0 saturated carbocycles. The maximum Gasteiger partial charge on any atom is 0.0384 e. The normalized spacial score (nSPS) is 18.9. The van der Waals surface area contributed by atoms with E-state index in [1.807, 2.05) is 6.08 Å². The van der Waals surface area contributed by atoms with Gasteiger partial charge in [-0.3, -0.25) is 4.90 Å². The zero-order valence-electron chi connectivity index (χ0n) is 19.2. The summed E-state index contributed by atoms with van der Waals surface area (Å²) in [4.78, 5) is 4.62. The van der Waals surface area contributed by atoms with Crippen LogP contribution in [0.1, 0.15) is 44.7 Å². The highest BCUT2D eigenvalue weighted by molar-refractivity contribution is 5.30. The van der Waals surface area contributed by atoms with Crippen LogP contribution in [0.25, 0.3) is 0 Å². The second-order valence-corrected chi connectivity index (χ2v) is 8.54. The van der Waals surface area contributed by atoms with E-state index in [9.17, 15) is 0 Å². The first kappa shape index (κ1) is 23.4. The number of rotatable bonds is 11. The monoisotopic (exact) mass is 395 g/mol. The molecule has 2 atom stereocenters. The largest absolute Gasteiger partial charge is 0.377 e. The number of likely N-dealkylation sites (N-methyl/N-ethyl adjacent to an activating group) is 2. The predicted octanol–water partition coefficient (Wildman–Crippen LogP) is 5.02. The third kappa shape index (κ3) is 7.49. The molecule has 0 spiro atoms. The lowest BCUT2D eigenvalue weighted by atomic mass is 9.98. The molecule has 2 unspecified atom stereocenters. The molecule has 1 aromatic carbocycles. The molecule has 1 aliphatic rings. The Hall–Kier alpha value is -1.84. The first-order valence-electron chi connectivity index (χ1n) is 11.2. The third-order valence-corrected chi connectivity index (χ3v) is 6.10. The number of nitrogens with one attached hydrogen (secondary N) is 1. The summed E-state index contributed by atoms with van der Waals surface area (Å²) in [5, 5.41) is 3.47. The number of benzene rings is 1. The van der Waals surface area contributed by atoms with Gasteiger partial charge in [-0.1, -0.05) is 49.9 Å². The van der Waals surface area contributed by atoms with E-state index in [1.54, 1.807) is 0 Å². The molecule has 1 aromatic rings. The van der Waals surface area contributed by atoms with Gasteiger partial charge in [0.15, 0.2) is 0 Å². The molecule has 29 heavy (non-hydrogen) atoms. The average Bonchev–Trinajstić information content (AvgIpc) is 3.23. The maximum absolute atomic E-state index is 3.93. The quantitative estimate of drug-likeness (QED) is 0.531. The van der Waals surface area contributed by atoms with Crippen LogP contribution in [-0.4, -0.2) is 49.6 Å². The minimum Gasteiger partial charge on any atom is -0.377 e. The van der Waals surface area contributed by atoms with Crippen molar-refractivity contribution in [3.63, 3.8) is 0 Å². The zero-order chi connectivity index (χ0) is 21.2. The van der Waals surface area contributed by atoms with Crippen molar-refractivity contribution >= 4 is 0 Å². The van der Waals surface area contributed by atoms with Crippen LogP contribution in [0, 0.1) is 5.92 Å². The highest BCUT2D eigenvalue weighted by Crippen LogP contribution is 2.18. The molecule has 0 aromatic heterocycles. The van der Waals surface area contributed by atoms with Gasteiger partial charge in [0.25, 0.3) is 0 Å². The van der Waals surface area contributed by atoms with Crippen LogP contribution >= 0.6 is 0 Å². The molecule has 1 saturated heterocycles. The van der Waals surface area contributed by atoms with Crippen LogP contribution in [0.2, 0.25) is 0 Å². The Morgan fingerprint density at radius 1 is 1.24 bits per heavy atom. The summed E-state index contributed by atoms with van der Waals surface area (Å²) in [6, 6.07) is 9.67. The van der Waals surface area contributed by atoms with Gasteiger partial charge in [-0.15, -0.1) is 0 Å². The molecule has 3 heteroatoms. The van der Waals surface area contributed by atoms with E-state index in [0.717, 1.165) is 19.0 Å². The second-order valence-electron chi connectivity index (χ2n) is 8.54. The molecule has 1 fully saturated rings. The van der Waals surface area contributed by atoms with Crippen molar-refractivity contribution in [3.8, 4) is 0 Å². The SMILES string of the molecule is C=C/C(=C(C)/C=C/C(C)N(CC)Cc1ccc(CCC2CCNC2)cc1)N(C)C. The Morgan fingerprint density at radius 2 is 1.93 bits per heavy atom. The molecule has 0 amide bonds. The number of nitrogens with zero attached hydrogens (tertiary/aromatic N) is 2. The van der Waals surface area contributed by atoms with Gasteiger partial charge in [0.05, 0.1) is 0 Å². The topological polar surface area (TPSA) is 18.5 Å². The van der Waals surface area contributed by atoms with Crippen molar-refractivity contribution in [3.05, 3.63) is 71.5 Å². The summed E-state index contributed by atoms with van der Waals surface area (Å²) in [5.41, 5.74) is 5.28. The van der Waals surface area contributed by atoms with E-state index in [1.165, 1.54) is 54.7 Å².